The molecule has 3 rings (SSSR count). The molecule has 0 saturated carbocycles. The van der Waals surface area contributed by atoms with Crippen molar-refractivity contribution in [2.24, 2.45) is 0 Å². The first-order chi connectivity index (χ1) is 10.5. The van der Waals surface area contributed by atoms with Crippen molar-refractivity contribution in [3.63, 3.8) is 0 Å². The van der Waals surface area contributed by atoms with Crippen molar-refractivity contribution in [1.29, 1.82) is 0 Å². The van der Waals surface area contributed by atoms with E-state index in [-0.39, 0.29) is 17.3 Å². The minimum absolute atomic E-state index is 0.00722. The van der Waals surface area contributed by atoms with Gasteiger partial charge in [-0.25, -0.2) is 0 Å². The van der Waals surface area contributed by atoms with Crippen LogP contribution in [0.15, 0.2) is 16.9 Å². The molecule has 1 amide bonds. The van der Waals surface area contributed by atoms with Crippen LogP contribution < -0.4 is 5.43 Å². The Morgan fingerprint density at radius 2 is 2.23 bits per heavy atom. The number of aromatic nitrogens is 3. The molecule has 0 aliphatic carbocycles. The van der Waals surface area contributed by atoms with Crippen LogP contribution in [0, 0.1) is 13.8 Å². The largest absolute Gasteiger partial charge is 0.362 e. The zero-order chi connectivity index (χ0) is 15.7. The molecule has 1 aliphatic heterocycles. The van der Waals surface area contributed by atoms with Gasteiger partial charge in [0.1, 0.15) is 4.88 Å². The normalized spacial score (nSPS) is 18.5. The molecule has 0 spiro atoms. The van der Waals surface area contributed by atoms with Crippen molar-refractivity contribution in [2.75, 3.05) is 13.1 Å². The number of aryl methyl sites for hydroxylation is 2. The highest BCUT2D eigenvalue weighted by atomic mass is 32.1. The van der Waals surface area contributed by atoms with Gasteiger partial charge in [-0.05, 0) is 38.2 Å². The number of piperidine rings is 1. The van der Waals surface area contributed by atoms with Gasteiger partial charge in [-0.15, -0.1) is 5.10 Å². The number of nitrogens with zero attached hydrogens (tertiary/aromatic N) is 3. The average Bonchev–Trinajstić information content (AvgIpc) is 2.92. The topological polar surface area (TPSA) is 79.0 Å². The van der Waals surface area contributed by atoms with E-state index in [4.69, 9.17) is 0 Å². The molecule has 6 nitrogen and oxygen atoms in total. The van der Waals surface area contributed by atoms with Crippen molar-refractivity contribution >= 4 is 17.4 Å². The minimum atomic E-state index is -0.00722. The van der Waals surface area contributed by atoms with Gasteiger partial charge in [-0.2, -0.15) is 0 Å². The van der Waals surface area contributed by atoms with Gasteiger partial charge in [0.25, 0.3) is 5.91 Å². The molecule has 1 fully saturated rings. The van der Waals surface area contributed by atoms with Gasteiger partial charge in [0.05, 0.1) is 5.69 Å². The Bertz CT molecular complexity index is 752. The van der Waals surface area contributed by atoms with Gasteiger partial charge in [-0.3, -0.25) is 9.59 Å². The Hall–Kier alpha value is -2.02. The SMILES string of the molecule is Cc1cc(=O)cc(C2CCCN(C(=O)c3snnc3C)C2)[nH]1. The van der Waals surface area contributed by atoms with Crippen molar-refractivity contribution in [1.82, 2.24) is 19.5 Å². The molecule has 1 atom stereocenters. The monoisotopic (exact) mass is 318 g/mol. The molecule has 116 valence electrons. The summed E-state index contributed by atoms with van der Waals surface area (Å²) in [4.78, 5) is 30.0. The van der Waals surface area contributed by atoms with Gasteiger partial charge in [0.15, 0.2) is 5.43 Å². The Labute approximate surface area is 132 Å². The molecule has 22 heavy (non-hydrogen) atoms. The Morgan fingerprint density at radius 1 is 1.41 bits per heavy atom. The van der Waals surface area contributed by atoms with E-state index in [9.17, 15) is 9.59 Å². The van der Waals surface area contributed by atoms with Crippen LogP contribution in [-0.4, -0.2) is 38.5 Å². The Morgan fingerprint density at radius 3 is 2.91 bits per heavy atom. The van der Waals surface area contributed by atoms with E-state index in [1.165, 1.54) is 0 Å². The fraction of sp³-hybridized carbons (Fsp3) is 0.467. The standard InChI is InChI=1S/C15H18N4O2S/c1-9-6-12(20)7-13(16-9)11-4-3-5-19(8-11)15(21)14-10(2)17-18-22-14/h6-7,11H,3-5,8H2,1-2H3,(H,16,20). The van der Waals surface area contributed by atoms with E-state index in [0.717, 1.165) is 42.3 Å². The quantitative estimate of drug-likeness (QED) is 0.916. The third-order valence-electron chi connectivity index (χ3n) is 3.99. The number of H-pyrrole nitrogens is 1. The number of aromatic amines is 1. The summed E-state index contributed by atoms with van der Waals surface area (Å²) in [6.45, 7) is 5.04. The maximum atomic E-state index is 12.6. The Balaban J connectivity index is 1.81. The molecule has 7 heteroatoms. The number of nitrogens with one attached hydrogen (secondary N) is 1. The lowest BCUT2D eigenvalue weighted by Gasteiger charge is -2.32. The van der Waals surface area contributed by atoms with Crippen LogP contribution in [0.3, 0.4) is 0 Å². The second-order valence-electron chi connectivity index (χ2n) is 5.73. The van der Waals surface area contributed by atoms with Crippen LogP contribution in [0.5, 0.6) is 0 Å². The zero-order valence-corrected chi connectivity index (χ0v) is 13.4. The third-order valence-corrected chi connectivity index (χ3v) is 4.81. The molecule has 1 N–H and O–H groups in total. The number of carbonyl (C=O) groups excluding carboxylic acids is 1. The fourth-order valence-corrected chi connectivity index (χ4v) is 3.54. The van der Waals surface area contributed by atoms with E-state index in [0.29, 0.717) is 17.1 Å². The van der Waals surface area contributed by atoms with Gasteiger partial charge >= 0.3 is 0 Å². The van der Waals surface area contributed by atoms with Crippen LogP contribution in [0.25, 0.3) is 0 Å². The lowest BCUT2D eigenvalue weighted by atomic mass is 9.94. The van der Waals surface area contributed by atoms with Crippen LogP contribution in [0.2, 0.25) is 0 Å². The molecular formula is C15H18N4O2S. The number of likely N-dealkylation sites (tertiary alicyclic amines) is 1. The number of hydrogen-bond donors (Lipinski definition) is 1. The maximum absolute atomic E-state index is 12.6. The van der Waals surface area contributed by atoms with Crippen molar-refractivity contribution in [3.8, 4) is 0 Å². The van der Waals surface area contributed by atoms with Gasteiger partial charge in [-0.1, -0.05) is 4.49 Å². The molecule has 0 aromatic carbocycles. The summed E-state index contributed by atoms with van der Waals surface area (Å²) in [5, 5.41) is 3.91. The molecule has 1 unspecified atom stereocenters. The molecular weight excluding hydrogens is 300 g/mol. The van der Waals surface area contributed by atoms with E-state index in [1.807, 2.05) is 11.8 Å². The molecule has 0 radical (unpaired) electrons. The number of hydrogen-bond acceptors (Lipinski definition) is 5. The zero-order valence-electron chi connectivity index (χ0n) is 12.6. The lowest BCUT2D eigenvalue weighted by Crippen LogP contribution is -2.39. The molecule has 1 saturated heterocycles. The number of amides is 1. The first-order valence-electron chi connectivity index (χ1n) is 7.33. The number of rotatable bonds is 2. The molecule has 3 heterocycles. The second-order valence-corrected chi connectivity index (χ2v) is 6.49. The highest BCUT2D eigenvalue weighted by molar-refractivity contribution is 7.07. The number of pyridine rings is 1. The molecule has 2 aromatic heterocycles. The Kier molecular flexibility index (Phi) is 4.06. The number of carbonyl (C=O) groups is 1. The van der Waals surface area contributed by atoms with Crippen LogP contribution in [-0.2, 0) is 0 Å². The smallest absolute Gasteiger partial charge is 0.267 e. The van der Waals surface area contributed by atoms with E-state index in [1.54, 1.807) is 19.1 Å². The second kappa shape index (κ2) is 6.00. The first-order valence-corrected chi connectivity index (χ1v) is 8.11. The van der Waals surface area contributed by atoms with Crippen molar-refractivity contribution in [3.05, 3.63) is 44.3 Å². The summed E-state index contributed by atoms with van der Waals surface area (Å²) < 4.78 is 3.83. The van der Waals surface area contributed by atoms with Crippen molar-refractivity contribution in [2.45, 2.75) is 32.6 Å². The summed E-state index contributed by atoms with van der Waals surface area (Å²) in [6, 6.07) is 3.23. The molecule has 2 aromatic rings. The predicted molar refractivity (Wildman–Crippen MR) is 84.3 cm³/mol. The maximum Gasteiger partial charge on any atom is 0.267 e. The highest BCUT2D eigenvalue weighted by Crippen LogP contribution is 2.27. The lowest BCUT2D eigenvalue weighted by molar-refractivity contribution is 0.0710. The van der Waals surface area contributed by atoms with Crippen LogP contribution in [0.1, 0.15) is 45.5 Å². The highest BCUT2D eigenvalue weighted by Gasteiger charge is 2.28. The summed E-state index contributed by atoms with van der Waals surface area (Å²) in [5.74, 6) is 0.165. The summed E-state index contributed by atoms with van der Waals surface area (Å²) in [7, 11) is 0. The van der Waals surface area contributed by atoms with Crippen LogP contribution in [0.4, 0.5) is 0 Å². The van der Waals surface area contributed by atoms with Gasteiger partial charge < -0.3 is 9.88 Å². The van der Waals surface area contributed by atoms with E-state index in [2.05, 4.69) is 14.6 Å². The predicted octanol–water partition coefficient (Wildman–Crippen LogP) is 1.86. The summed E-state index contributed by atoms with van der Waals surface area (Å²) in [6.07, 6.45) is 1.90. The van der Waals surface area contributed by atoms with E-state index >= 15 is 0 Å². The summed E-state index contributed by atoms with van der Waals surface area (Å²) >= 11 is 1.14. The van der Waals surface area contributed by atoms with E-state index < -0.39 is 0 Å². The molecule has 1 aliphatic rings. The minimum Gasteiger partial charge on any atom is -0.362 e. The third kappa shape index (κ3) is 2.94. The van der Waals surface area contributed by atoms with Crippen LogP contribution >= 0.6 is 11.5 Å². The van der Waals surface area contributed by atoms with Gasteiger partial charge in [0, 0.05) is 42.5 Å². The fourth-order valence-electron chi connectivity index (χ4n) is 2.91. The van der Waals surface area contributed by atoms with Gasteiger partial charge in [0.2, 0.25) is 0 Å². The van der Waals surface area contributed by atoms with Crippen molar-refractivity contribution < 1.29 is 4.79 Å². The molecule has 0 bridgehead atoms. The summed E-state index contributed by atoms with van der Waals surface area (Å²) in [5.41, 5.74) is 2.47. The average molecular weight is 318 g/mol. The first kappa shape index (κ1) is 14.9.